The summed E-state index contributed by atoms with van der Waals surface area (Å²) >= 11 is 5.90. The Kier molecular flexibility index (Phi) is 5.84. The molecular weight excluding hydrogens is 321 g/mol. The van der Waals surface area contributed by atoms with Gasteiger partial charge in [0.1, 0.15) is 0 Å². The molecule has 0 radical (unpaired) electrons. The molecule has 1 atom stereocenters. The second kappa shape index (κ2) is 7.44. The molecule has 1 aliphatic rings. The quantitative estimate of drug-likeness (QED) is 0.929. The number of benzene rings is 2. The molecule has 2 aromatic rings. The molecule has 1 N–H and O–H groups in total. The topological polar surface area (TPSA) is 32.7 Å². The van der Waals surface area contributed by atoms with Crippen LogP contribution in [0.5, 0.6) is 0 Å². The van der Waals surface area contributed by atoms with Crippen LogP contribution in [0.15, 0.2) is 54.6 Å². The zero-order chi connectivity index (χ0) is 14.7. The SMILES string of the molecule is Cl.OC1(c2ccc(Cl)cc2)CN(Cc2ccccc2)CCO1. The van der Waals surface area contributed by atoms with Gasteiger partial charge in [-0.1, -0.05) is 54.1 Å². The Bertz CT molecular complexity index is 591. The number of aliphatic hydroxyl groups is 1. The van der Waals surface area contributed by atoms with Crippen LogP contribution in [0.2, 0.25) is 5.02 Å². The third-order valence-corrected chi connectivity index (χ3v) is 3.98. The molecule has 1 saturated heterocycles. The van der Waals surface area contributed by atoms with Crippen molar-refractivity contribution in [3.05, 3.63) is 70.7 Å². The molecule has 1 heterocycles. The lowest BCUT2D eigenvalue weighted by Gasteiger charge is -2.39. The summed E-state index contributed by atoms with van der Waals surface area (Å²) in [5.41, 5.74) is 1.97. The molecule has 2 aromatic carbocycles. The molecule has 0 amide bonds. The van der Waals surface area contributed by atoms with Gasteiger partial charge in [0, 0.05) is 23.7 Å². The van der Waals surface area contributed by atoms with Gasteiger partial charge in [0.15, 0.2) is 0 Å². The van der Waals surface area contributed by atoms with E-state index in [1.54, 1.807) is 12.1 Å². The number of halogens is 2. The molecule has 1 unspecified atom stereocenters. The molecule has 0 bridgehead atoms. The highest BCUT2D eigenvalue weighted by molar-refractivity contribution is 6.30. The first-order valence-corrected chi connectivity index (χ1v) is 7.42. The molecule has 5 heteroatoms. The Morgan fingerprint density at radius 3 is 2.45 bits per heavy atom. The van der Waals surface area contributed by atoms with E-state index in [1.165, 1.54) is 5.56 Å². The van der Waals surface area contributed by atoms with Crippen molar-refractivity contribution < 1.29 is 9.84 Å². The van der Waals surface area contributed by atoms with Crippen molar-refractivity contribution in [3.8, 4) is 0 Å². The molecule has 3 rings (SSSR count). The molecule has 118 valence electrons. The minimum atomic E-state index is -1.27. The van der Waals surface area contributed by atoms with E-state index in [-0.39, 0.29) is 12.4 Å². The van der Waals surface area contributed by atoms with Crippen molar-refractivity contribution in [1.82, 2.24) is 4.90 Å². The van der Waals surface area contributed by atoms with E-state index in [2.05, 4.69) is 17.0 Å². The van der Waals surface area contributed by atoms with E-state index in [4.69, 9.17) is 16.3 Å². The highest BCUT2D eigenvalue weighted by Gasteiger charge is 2.36. The third kappa shape index (κ3) is 4.00. The zero-order valence-electron chi connectivity index (χ0n) is 12.1. The molecule has 0 aromatic heterocycles. The number of nitrogens with zero attached hydrogens (tertiary/aromatic N) is 1. The van der Waals surface area contributed by atoms with Gasteiger partial charge in [0.25, 0.3) is 0 Å². The minimum absolute atomic E-state index is 0. The maximum Gasteiger partial charge on any atom is 0.205 e. The summed E-state index contributed by atoms with van der Waals surface area (Å²) in [5, 5.41) is 11.4. The van der Waals surface area contributed by atoms with Crippen molar-refractivity contribution >= 4 is 24.0 Å². The van der Waals surface area contributed by atoms with Crippen molar-refractivity contribution in [2.75, 3.05) is 19.7 Å². The van der Waals surface area contributed by atoms with Crippen LogP contribution in [-0.2, 0) is 17.1 Å². The highest BCUT2D eigenvalue weighted by atomic mass is 35.5. The smallest absolute Gasteiger partial charge is 0.205 e. The van der Waals surface area contributed by atoms with Crippen LogP contribution in [0.4, 0.5) is 0 Å². The second-order valence-electron chi connectivity index (χ2n) is 5.34. The van der Waals surface area contributed by atoms with Crippen LogP contribution < -0.4 is 0 Å². The van der Waals surface area contributed by atoms with Crippen LogP contribution in [0, 0.1) is 0 Å². The molecular formula is C17H19Cl2NO2. The molecule has 22 heavy (non-hydrogen) atoms. The number of morpholine rings is 1. The maximum atomic E-state index is 10.8. The van der Waals surface area contributed by atoms with E-state index < -0.39 is 5.79 Å². The van der Waals surface area contributed by atoms with Crippen LogP contribution in [0.25, 0.3) is 0 Å². The Morgan fingerprint density at radius 1 is 1.09 bits per heavy atom. The highest BCUT2D eigenvalue weighted by Crippen LogP contribution is 2.28. The van der Waals surface area contributed by atoms with Gasteiger partial charge < -0.3 is 9.84 Å². The predicted molar refractivity (Wildman–Crippen MR) is 90.3 cm³/mol. The summed E-state index contributed by atoms with van der Waals surface area (Å²) in [6.07, 6.45) is 0. The fraction of sp³-hybridized carbons (Fsp3) is 0.294. The first-order chi connectivity index (χ1) is 10.2. The number of hydrogen-bond donors (Lipinski definition) is 1. The Hall–Kier alpha value is -1.10. The van der Waals surface area contributed by atoms with Crippen LogP contribution >= 0.6 is 24.0 Å². The molecule has 0 spiro atoms. The van der Waals surface area contributed by atoms with Crippen molar-refractivity contribution in [3.63, 3.8) is 0 Å². The van der Waals surface area contributed by atoms with E-state index in [0.29, 0.717) is 18.2 Å². The molecule has 1 aliphatic heterocycles. The van der Waals surface area contributed by atoms with Crippen molar-refractivity contribution in [1.29, 1.82) is 0 Å². The Labute approximate surface area is 141 Å². The zero-order valence-corrected chi connectivity index (χ0v) is 13.7. The Balaban J connectivity index is 0.00000176. The van der Waals surface area contributed by atoms with Gasteiger partial charge in [-0.25, -0.2) is 0 Å². The van der Waals surface area contributed by atoms with E-state index >= 15 is 0 Å². The first kappa shape index (κ1) is 17.3. The van der Waals surface area contributed by atoms with Gasteiger partial charge in [-0.05, 0) is 17.7 Å². The summed E-state index contributed by atoms with van der Waals surface area (Å²) in [6, 6.07) is 17.4. The van der Waals surface area contributed by atoms with Crippen LogP contribution in [-0.4, -0.2) is 29.7 Å². The largest absolute Gasteiger partial charge is 0.361 e. The minimum Gasteiger partial charge on any atom is -0.361 e. The molecule has 3 nitrogen and oxygen atoms in total. The second-order valence-corrected chi connectivity index (χ2v) is 5.77. The Morgan fingerprint density at radius 2 is 1.77 bits per heavy atom. The van der Waals surface area contributed by atoms with E-state index in [0.717, 1.165) is 18.7 Å². The first-order valence-electron chi connectivity index (χ1n) is 7.04. The molecule has 0 aliphatic carbocycles. The molecule has 0 saturated carbocycles. The monoisotopic (exact) mass is 339 g/mol. The maximum absolute atomic E-state index is 10.8. The summed E-state index contributed by atoms with van der Waals surface area (Å²) in [5.74, 6) is -1.27. The fourth-order valence-corrected chi connectivity index (χ4v) is 2.76. The van der Waals surface area contributed by atoms with Crippen LogP contribution in [0.3, 0.4) is 0 Å². The number of rotatable bonds is 3. The van der Waals surface area contributed by atoms with Crippen molar-refractivity contribution in [2.45, 2.75) is 12.3 Å². The van der Waals surface area contributed by atoms with Gasteiger partial charge in [-0.3, -0.25) is 4.90 Å². The lowest BCUT2D eigenvalue weighted by Crippen LogP contribution is -2.49. The number of β-amino-alcohol motifs (C(OH)–C–C–N with tert-alkyl or cyclic N) is 1. The number of ether oxygens (including phenoxy) is 1. The van der Waals surface area contributed by atoms with E-state index in [9.17, 15) is 5.11 Å². The average Bonchev–Trinajstić information content (AvgIpc) is 2.49. The normalized spacial score (nSPS) is 22.1. The summed E-state index contributed by atoms with van der Waals surface area (Å²) < 4.78 is 5.63. The van der Waals surface area contributed by atoms with Gasteiger partial charge in [0.05, 0.1) is 13.2 Å². The van der Waals surface area contributed by atoms with Crippen molar-refractivity contribution in [2.24, 2.45) is 0 Å². The molecule has 1 fully saturated rings. The predicted octanol–water partition coefficient (Wildman–Crippen LogP) is 3.44. The fourth-order valence-electron chi connectivity index (χ4n) is 2.63. The van der Waals surface area contributed by atoms with Crippen LogP contribution in [0.1, 0.15) is 11.1 Å². The van der Waals surface area contributed by atoms with E-state index in [1.807, 2.05) is 30.3 Å². The number of hydrogen-bond acceptors (Lipinski definition) is 3. The summed E-state index contributed by atoms with van der Waals surface area (Å²) in [7, 11) is 0. The summed E-state index contributed by atoms with van der Waals surface area (Å²) in [6.45, 7) is 2.57. The lowest BCUT2D eigenvalue weighted by atomic mass is 10.0. The third-order valence-electron chi connectivity index (χ3n) is 3.73. The van der Waals surface area contributed by atoms with Gasteiger partial charge in [0.2, 0.25) is 5.79 Å². The summed E-state index contributed by atoms with van der Waals surface area (Å²) in [4.78, 5) is 2.20. The standard InChI is InChI=1S/C17H18ClNO2.ClH/c18-16-8-6-15(7-9-16)17(20)13-19(10-11-21-17)12-14-4-2-1-3-5-14;/h1-9,20H,10-13H2;1H. The van der Waals surface area contributed by atoms with Gasteiger partial charge in [-0.2, -0.15) is 0 Å². The average molecular weight is 340 g/mol. The lowest BCUT2D eigenvalue weighted by molar-refractivity contribution is -0.249. The van der Waals surface area contributed by atoms with Gasteiger partial charge >= 0.3 is 0 Å². The van der Waals surface area contributed by atoms with Gasteiger partial charge in [-0.15, -0.1) is 12.4 Å².